The van der Waals surface area contributed by atoms with Crippen LogP contribution < -0.4 is 20.5 Å². The van der Waals surface area contributed by atoms with Gasteiger partial charge < -0.3 is 20.5 Å². The zero-order valence-electron chi connectivity index (χ0n) is 15.5. The van der Waals surface area contributed by atoms with E-state index in [1.807, 2.05) is 33.8 Å². The molecule has 2 amide bonds. The summed E-state index contributed by atoms with van der Waals surface area (Å²) >= 11 is 0. The van der Waals surface area contributed by atoms with Crippen LogP contribution in [0, 0.1) is 5.92 Å². The van der Waals surface area contributed by atoms with Gasteiger partial charge in [-0.05, 0) is 43.5 Å². The second-order valence-corrected chi connectivity index (χ2v) is 6.18. The van der Waals surface area contributed by atoms with Crippen LogP contribution in [0.2, 0.25) is 0 Å². The number of ether oxygens (including phenoxy) is 2. The number of nitrogens with one attached hydrogen (secondary N) is 1. The summed E-state index contributed by atoms with van der Waals surface area (Å²) in [5.41, 5.74) is 6.13. The van der Waals surface area contributed by atoms with E-state index in [4.69, 9.17) is 15.2 Å². The van der Waals surface area contributed by atoms with Crippen LogP contribution in [-0.2, 0) is 9.59 Å². The van der Waals surface area contributed by atoms with Gasteiger partial charge in [-0.3, -0.25) is 9.59 Å². The van der Waals surface area contributed by atoms with Crippen molar-refractivity contribution in [2.75, 3.05) is 7.11 Å². The maximum atomic E-state index is 12.1. The van der Waals surface area contributed by atoms with Gasteiger partial charge in [0.25, 0.3) is 0 Å². The molecule has 0 fully saturated rings. The van der Waals surface area contributed by atoms with Crippen molar-refractivity contribution in [3.05, 3.63) is 29.8 Å². The third-order valence-electron chi connectivity index (χ3n) is 3.79. The summed E-state index contributed by atoms with van der Waals surface area (Å²) in [6.45, 7) is 7.68. The largest absolute Gasteiger partial charge is 0.493 e. The average Bonchev–Trinajstić information content (AvgIpc) is 2.57. The van der Waals surface area contributed by atoms with Gasteiger partial charge in [0.05, 0.1) is 13.2 Å². The predicted octanol–water partition coefficient (Wildman–Crippen LogP) is 2.51. The van der Waals surface area contributed by atoms with Gasteiger partial charge in [0.2, 0.25) is 11.8 Å². The number of carbonyl (C=O) groups is 2. The Morgan fingerprint density at radius 3 is 2.44 bits per heavy atom. The standard InChI is InChI=1S/C19H28N2O4/c1-6-13(4)18(19(20)23)21-17(22)10-8-14-7-9-15(25-12(2)3)16(11-14)24-5/h7-13,18H,6H2,1-5H3,(H2,20,23)(H,21,22). The Morgan fingerprint density at radius 2 is 1.92 bits per heavy atom. The lowest BCUT2D eigenvalue weighted by Crippen LogP contribution is -2.47. The van der Waals surface area contributed by atoms with Crippen molar-refractivity contribution in [1.82, 2.24) is 5.32 Å². The monoisotopic (exact) mass is 348 g/mol. The van der Waals surface area contributed by atoms with Crippen molar-refractivity contribution in [3.63, 3.8) is 0 Å². The number of methoxy groups -OCH3 is 1. The van der Waals surface area contributed by atoms with E-state index in [9.17, 15) is 9.59 Å². The van der Waals surface area contributed by atoms with Gasteiger partial charge in [-0.1, -0.05) is 26.3 Å². The molecule has 0 aliphatic heterocycles. The second kappa shape index (κ2) is 9.71. The van der Waals surface area contributed by atoms with E-state index in [0.717, 1.165) is 12.0 Å². The number of hydrogen-bond donors (Lipinski definition) is 2. The van der Waals surface area contributed by atoms with Gasteiger partial charge in [-0.15, -0.1) is 0 Å². The molecule has 1 aromatic rings. The summed E-state index contributed by atoms with van der Waals surface area (Å²) in [6.07, 6.45) is 3.79. The zero-order chi connectivity index (χ0) is 19.0. The van der Waals surface area contributed by atoms with Crippen molar-refractivity contribution in [2.45, 2.75) is 46.3 Å². The van der Waals surface area contributed by atoms with Gasteiger partial charge in [0.1, 0.15) is 6.04 Å². The third kappa shape index (κ3) is 6.49. The highest BCUT2D eigenvalue weighted by Crippen LogP contribution is 2.29. The lowest BCUT2D eigenvalue weighted by molar-refractivity contribution is -0.126. The molecule has 0 aliphatic carbocycles. The van der Waals surface area contributed by atoms with Crippen LogP contribution in [0.3, 0.4) is 0 Å². The van der Waals surface area contributed by atoms with Crippen LogP contribution in [0.5, 0.6) is 11.5 Å². The molecule has 0 saturated carbocycles. The van der Waals surface area contributed by atoms with Gasteiger partial charge in [0, 0.05) is 6.08 Å². The molecule has 0 aliphatic rings. The van der Waals surface area contributed by atoms with Crippen molar-refractivity contribution in [2.24, 2.45) is 11.7 Å². The number of primary amides is 1. The predicted molar refractivity (Wildman–Crippen MR) is 98.4 cm³/mol. The highest BCUT2D eigenvalue weighted by molar-refractivity contribution is 5.95. The lowest BCUT2D eigenvalue weighted by atomic mass is 9.98. The fourth-order valence-corrected chi connectivity index (χ4v) is 2.24. The minimum Gasteiger partial charge on any atom is -0.493 e. The highest BCUT2D eigenvalue weighted by Gasteiger charge is 2.22. The fourth-order valence-electron chi connectivity index (χ4n) is 2.24. The minimum atomic E-state index is -0.682. The van der Waals surface area contributed by atoms with Crippen LogP contribution in [0.15, 0.2) is 24.3 Å². The summed E-state index contributed by atoms with van der Waals surface area (Å²) in [5.74, 6) is 0.302. The molecule has 25 heavy (non-hydrogen) atoms. The highest BCUT2D eigenvalue weighted by atomic mass is 16.5. The third-order valence-corrected chi connectivity index (χ3v) is 3.79. The Hall–Kier alpha value is -2.50. The van der Waals surface area contributed by atoms with Crippen LogP contribution >= 0.6 is 0 Å². The van der Waals surface area contributed by atoms with E-state index >= 15 is 0 Å². The molecule has 138 valence electrons. The van der Waals surface area contributed by atoms with E-state index in [1.54, 1.807) is 25.3 Å². The van der Waals surface area contributed by atoms with Crippen LogP contribution in [0.4, 0.5) is 0 Å². The van der Waals surface area contributed by atoms with E-state index in [0.29, 0.717) is 11.5 Å². The van der Waals surface area contributed by atoms with Gasteiger partial charge >= 0.3 is 0 Å². The molecule has 2 unspecified atom stereocenters. The molecular formula is C19H28N2O4. The number of benzene rings is 1. The average molecular weight is 348 g/mol. The Labute approximate surface area is 149 Å². The number of nitrogens with two attached hydrogens (primary N) is 1. The van der Waals surface area contributed by atoms with Crippen LogP contribution in [-0.4, -0.2) is 31.1 Å². The lowest BCUT2D eigenvalue weighted by Gasteiger charge is -2.20. The first-order valence-corrected chi connectivity index (χ1v) is 8.41. The Bertz CT molecular complexity index is 626. The topological polar surface area (TPSA) is 90.7 Å². The summed E-state index contributed by atoms with van der Waals surface area (Å²) in [4.78, 5) is 23.5. The van der Waals surface area contributed by atoms with Crippen molar-refractivity contribution in [1.29, 1.82) is 0 Å². The minimum absolute atomic E-state index is 0.0255. The summed E-state index contributed by atoms with van der Waals surface area (Å²) in [5, 5.41) is 2.65. The molecule has 0 aromatic heterocycles. The van der Waals surface area contributed by atoms with Crippen LogP contribution in [0.25, 0.3) is 6.08 Å². The number of carbonyl (C=O) groups excluding carboxylic acids is 2. The molecule has 0 spiro atoms. The van der Waals surface area contributed by atoms with Crippen molar-refractivity contribution >= 4 is 17.9 Å². The molecule has 1 rings (SSSR count). The summed E-state index contributed by atoms with van der Waals surface area (Å²) in [7, 11) is 1.56. The Kier molecular flexibility index (Phi) is 7.98. The molecule has 2 atom stereocenters. The van der Waals surface area contributed by atoms with Gasteiger partial charge in [-0.25, -0.2) is 0 Å². The van der Waals surface area contributed by atoms with Crippen molar-refractivity contribution in [3.8, 4) is 11.5 Å². The first-order valence-electron chi connectivity index (χ1n) is 8.41. The van der Waals surface area contributed by atoms with Gasteiger partial charge in [-0.2, -0.15) is 0 Å². The molecule has 0 bridgehead atoms. The number of rotatable bonds is 9. The molecule has 6 nitrogen and oxygen atoms in total. The maximum Gasteiger partial charge on any atom is 0.244 e. The quantitative estimate of drug-likeness (QED) is 0.671. The zero-order valence-corrected chi connectivity index (χ0v) is 15.5. The van der Waals surface area contributed by atoms with Crippen LogP contribution in [0.1, 0.15) is 39.7 Å². The fraction of sp³-hybridized carbons (Fsp3) is 0.474. The normalized spacial score (nSPS) is 13.5. The molecule has 1 aromatic carbocycles. The molecule has 6 heteroatoms. The van der Waals surface area contributed by atoms with Crippen molar-refractivity contribution < 1.29 is 19.1 Å². The SMILES string of the molecule is CCC(C)C(NC(=O)C=Cc1ccc(OC(C)C)c(OC)c1)C(N)=O. The first kappa shape index (κ1) is 20.5. The Morgan fingerprint density at radius 1 is 1.24 bits per heavy atom. The van der Waals surface area contributed by atoms with E-state index in [-0.39, 0.29) is 17.9 Å². The number of hydrogen-bond acceptors (Lipinski definition) is 4. The van der Waals surface area contributed by atoms with Gasteiger partial charge in [0.15, 0.2) is 11.5 Å². The summed E-state index contributed by atoms with van der Waals surface area (Å²) in [6, 6.07) is 4.71. The second-order valence-electron chi connectivity index (χ2n) is 6.18. The van der Waals surface area contributed by atoms with E-state index in [1.165, 1.54) is 6.08 Å². The molecule has 0 saturated heterocycles. The van der Waals surface area contributed by atoms with E-state index in [2.05, 4.69) is 5.32 Å². The maximum absolute atomic E-state index is 12.1. The molecular weight excluding hydrogens is 320 g/mol. The Balaban J connectivity index is 2.83. The smallest absolute Gasteiger partial charge is 0.244 e. The molecule has 0 radical (unpaired) electrons. The number of amides is 2. The molecule has 0 heterocycles. The molecule has 3 N–H and O–H groups in total. The van der Waals surface area contributed by atoms with E-state index < -0.39 is 11.9 Å². The first-order chi connectivity index (χ1) is 11.8. The summed E-state index contributed by atoms with van der Waals surface area (Å²) < 4.78 is 11.0.